The van der Waals surface area contributed by atoms with E-state index in [9.17, 15) is 14.4 Å². The summed E-state index contributed by atoms with van der Waals surface area (Å²) >= 11 is 3.88. The summed E-state index contributed by atoms with van der Waals surface area (Å²) in [6, 6.07) is 13.2. The van der Waals surface area contributed by atoms with Gasteiger partial charge in [-0.25, -0.2) is 4.79 Å². The summed E-state index contributed by atoms with van der Waals surface area (Å²) < 4.78 is 21.7. The Hall–Kier alpha value is -3.08. The van der Waals surface area contributed by atoms with Crippen LogP contribution in [0, 0.1) is 0 Å². The Kier molecular flexibility index (Phi) is 11.4. The Bertz CT molecular complexity index is 933. The zero-order chi connectivity index (χ0) is 24.9. The van der Waals surface area contributed by atoms with Gasteiger partial charge in [0.15, 0.2) is 11.9 Å². The number of nitrogens with one attached hydrogen (secondary N) is 1. The SMILES string of the molecule is CO[C@@H](CCOC(=O)CS)[C@@H](OC(=O)Nc1ccc(C(C)=O)cc1)c1ccc(OCCO)cc1. The van der Waals surface area contributed by atoms with Crippen molar-refractivity contribution in [3.63, 3.8) is 0 Å². The van der Waals surface area contributed by atoms with E-state index in [4.69, 9.17) is 24.1 Å². The summed E-state index contributed by atoms with van der Waals surface area (Å²) in [5.41, 5.74) is 1.61. The van der Waals surface area contributed by atoms with Gasteiger partial charge in [0.2, 0.25) is 0 Å². The van der Waals surface area contributed by atoms with Crippen LogP contribution in [0.2, 0.25) is 0 Å². The first-order chi connectivity index (χ1) is 16.4. The van der Waals surface area contributed by atoms with Crippen molar-refractivity contribution in [1.29, 1.82) is 0 Å². The van der Waals surface area contributed by atoms with Crippen LogP contribution in [0.5, 0.6) is 5.75 Å². The third-order valence-electron chi connectivity index (χ3n) is 4.78. The molecule has 184 valence electrons. The molecule has 1 amide bonds. The van der Waals surface area contributed by atoms with Gasteiger partial charge in [-0.3, -0.25) is 14.9 Å². The van der Waals surface area contributed by atoms with Crippen LogP contribution in [-0.2, 0) is 19.0 Å². The van der Waals surface area contributed by atoms with Crippen molar-refractivity contribution in [3.05, 3.63) is 59.7 Å². The molecule has 34 heavy (non-hydrogen) atoms. The average Bonchev–Trinajstić information content (AvgIpc) is 2.84. The van der Waals surface area contributed by atoms with Crippen LogP contribution in [0.25, 0.3) is 0 Å². The van der Waals surface area contributed by atoms with E-state index in [0.717, 1.165) is 0 Å². The molecule has 0 saturated carbocycles. The summed E-state index contributed by atoms with van der Waals surface area (Å²) in [7, 11) is 1.47. The van der Waals surface area contributed by atoms with Gasteiger partial charge in [-0.15, -0.1) is 0 Å². The van der Waals surface area contributed by atoms with Crippen molar-refractivity contribution in [2.24, 2.45) is 0 Å². The molecule has 2 atom stereocenters. The molecule has 0 aliphatic carbocycles. The molecule has 0 heterocycles. The molecule has 0 aliphatic rings. The van der Waals surface area contributed by atoms with Crippen molar-refractivity contribution in [1.82, 2.24) is 0 Å². The molecule has 2 aromatic carbocycles. The van der Waals surface area contributed by atoms with Crippen molar-refractivity contribution in [3.8, 4) is 5.75 Å². The molecule has 9 nitrogen and oxygen atoms in total. The fraction of sp³-hybridized carbons (Fsp3) is 0.375. The first kappa shape index (κ1) is 27.2. The van der Waals surface area contributed by atoms with E-state index in [-0.39, 0.29) is 37.8 Å². The highest BCUT2D eigenvalue weighted by atomic mass is 32.1. The van der Waals surface area contributed by atoms with Gasteiger partial charge in [-0.1, -0.05) is 12.1 Å². The fourth-order valence-corrected chi connectivity index (χ4v) is 3.15. The summed E-state index contributed by atoms with van der Waals surface area (Å²) in [6.07, 6.45) is -1.91. The lowest BCUT2D eigenvalue weighted by atomic mass is 10.0. The van der Waals surface area contributed by atoms with Gasteiger partial charge < -0.3 is 24.1 Å². The van der Waals surface area contributed by atoms with Crippen LogP contribution in [-0.4, -0.2) is 61.7 Å². The molecule has 2 aromatic rings. The zero-order valence-electron chi connectivity index (χ0n) is 19.1. The quantitative estimate of drug-likeness (QED) is 0.221. The predicted molar refractivity (Wildman–Crippen MR) is 129 cm³/mol. The minimum absolute atomic E-state index is 0.0439. The second kappa shape index (κ2) is 14.2. The summed E-state index contributed by atoms with van der Waals surface area (Å²) in [4.78, 5) is 35.5. The van der Waals surface area contributed by atoms with Crippen molar-refractivity contribution in [2.45, 2.75) is 25.6 Å². The molecule has 0 radical (unpaired) electrons. The maximum Gasteiger partial charge on any atom is 0.412 e. The molecular weight excluding hydrogens is 462 g/mol. The molecule has 2 N–H and O–H groups in total. The number of amides is 1. The van der Waals surface area contributed by atoms with E-state index >= 15 is 0 Å². The maximum atomic E-state index is 12.7. The highest BCUT2D eigenvalue weighted by molar-refractivity contribution is 7.81. The number of hydrogen-bond donors (Lipinski definition) is 3. The van der Waals surface area contributed by atoms with Gasteiger partial charge in [0.25, 0.3) is 0 Å². The Morgan fingerprint density at radius 2 is 1.71 bits per heavy atom. The summed E-state index contributed by atoms with van der Waals surface area (Å²) in [6.45, 7) is 1.56. The van der Waals surface area contributed by atoms with Crippen LogP contribution in [0.1, 0.15) is 35.4 Å². The number of benzene rings is 2. The van der Waals surface area contributed by atoms with Gasteiger partial charge in [-0.2, -0.15) is 12.6 Å². The van der Waals surface area contributed by atoms with E-state index in [1.165, 1.54) is 14.0 Å². The zero-order valence-corrected chi connectivity index (χ0v) is 20.0. The number of methoxy groups -OCH3 is 1. The molecule has 0 aromatic heterocycles. The van der Waals surface area contributed by atoms with E-state index < -0.39 is 24.3 Å². The third kappa shape index (κ3) is 8.69. The predicted octanol–water partition coefficient (Wildman–Crippen LogP) is 3.43. The van der Waals surface area contributed by atoms with Gasteiger partial charge in [0, 0.05) is 24.8 Å². The second-order valence-corrected chi connectivity index (χ2v) is 7.48. The average molecular weight is 492 g/mol. The second-order valence-electron chi connectivity index (χ2n) is 7.17. The lowest BCUT2D eigenvalue weighted by Crippen LogP contribution is -2.29. The number of hydrogen-bond acceptors (Lipinski definition) is 9. The molecule has 10 heteroatoms. The molecule has 2 rings (SSSR count). The summed E-state index contributed by atoms with van der Waals surface area (Å²) in [5.74, 6) is -0.0456. The van der Waals surface area contributed by atoms with Crippen LogP contribution in [0.4, 0.5) is 10.5 Å². The number of carbonyl (C=O) groups is 3. The largest absolute Gasteiger partial charge is 0.491 e. The van der Waals surface area contributed by atoms with Crippen LogP contribution < -0.4 is 10.1 Å². The van der Waals surface area contributed by atoms with Crippen molar-refractivity contribution < 1.29 is 38.4 Å². The maximum absolute atomic E-state index is 12.7. The van der Waals surface area contributed by atoms with Gasteiger partial charge in [0.05, 0.1) is 19.0 Å². The Labute approximate surface area is 203 Å². The Balaban J connectivity index is 2.16. The number of ether oxygens (including phenoxy) is 4. The minimum atomic E-state index is -0.830. The number of carbonyl (C=O) groups excluding carboxylic acids is 3. The monoisotopic (exact) mass is 491 g/mol. The summed E-state index contributed by atoms with van der Waals surface area (Å²) in [5, 5.41) is 11.5. The highest BCUT2D eigenvalue weighted by Crippen LogP contribution is 2.28. The number of aliphatic hydroxyl groups is 1. The van der Waals surface area contributed by atoms with Gasteiger partial charge in [0.1, 0.15) is 18.5 Å². The van der Waals surface area contributed by atoms with Crippen molar-refractivity contribution >= 4 is 36.2 Å². The third-order valence-corrected chi connectivity index (χ3v) is 5.03. The number of aliphatic hydroxyl groups excluding tert-OH is 1. The van der Waals surface area contributed by atoms with Gasteiger partial charge >= 0.3 is 12.1 Å². The van der Waals surface area contributed by atoms with E-state index in [1.807, 2.05) is 0 Å². The number of thiol groups is 1. The number of Topliss-reactive ketones (excluding diaryl/α,β-unsaturated/α-hetero) is 1. The minimum Gasteiger partial charge on any atom is -0.491 e. The smallest absolute Gasteiger partial charge is 0.412 e. The lowest BCUT2D eigenvalue weighted by Gasteiger charge is -2.26. The normalized spacial score (nSPS) is 12.4. The van der Waals surface area contributed by atoms with Crippen molar-refractivity contribution in [2.75, 3.05) is 38.0 Å². The van der Waals surface area contributed by atoms with Gasteiger partial charge in [-0.05, 0) is 48.9 Å². The molecular formula is C24H29NO8S. The van der Waals surface area contributed by atoms with Crippen LogP contribution in [0.15, 0.2) is 48.5 Å². The molecule has 0 spiro atoms. The van der Waals surface area contributed by atoms with Crippen LogP contribution >= 0.6 is 12.6 Å². The van der Waals surface area contributed by atoms with E-state index in [0.29, 0.717) is 22.6 Å². The first-order valence-electron chi connectivity index (χ1n) is 10.6. The molecule has 0 saturated heterocycles. The number of anilines is 1. The first-order valence-corrected chi connectivity index (χ1v) is 11.2. The van der Waals surface area contributed by atoms with E-state index in [2.05, 4.69) is 17.9 Å². The fourth-order valence-electron chi connectivity index (χ4n) is 3.05. The molecule has 0 unspecified atom stereocenters. The highest BCUT2D eigenvalue weighted by Gasteiger charge is 2.28. The number of rotatable bonds is 13. The number of ketones is 1. The lowest BCUT2D eigenvalue weighted by molar-refractivity contribution is -0.141. The van der Waals surface area contributed by atoms with E-state index in [1.54, 1.807) is 48.5 Å². The molecule has 0 bridgehead atoms. The Morgan fingerprint density at radius 1 is 1.03 bits per heavy atom. The standard InChI is InChI=1S/C24H29NO8S/c1-16(27)17-3-7-19(8-4-17)25-24(29)33-23(21(30-2)11-13-32-22(28)15-34)18-5-9-20(10-6-18)31-14-12-26/h3-10,21,23,26,34H,11-15H2,1-2H3,(H,25,29)/t21-,23-/m0/s1. The molecule has 0 aliphatic heterocycles. The molecule has 0 fully saturated rings. The topological polar surface area (TPSA) is 120 Å². The number of esters is 1. The Morgan fingerprint density at radius 3 is 2.26 bits per heavy atom. The van der Waals surface area contributed by atoms with Crippen LogP contribution in [0.3, 0.4) is 0 Å².